The lowest BCUT2D eigenvalue weighted by Gasteiger charge is -2.31. The largest absolute Gasteiger partial charge is 0.504 e. The molecular weight excluding hydrogens is 232 g/mol. The zero-order valence-electron chi connectivity index (χ0n) is 10.4. The first-order valence-electron chi connectivity index (χ1n) is 6.10. The van der Waals surface area contributed by atoms with Crippen molar-refractivity contribution in [2.24, 2.45) is 0 Å². The molecule has 0 unspecified atom stereocenters. The Hall–Kier alpha value is -1.75. The highest BCUT2D eigenvalue weighted by molar-refractivity contribution is 5.95. The molecule has 0 spiro atoms. The lowest BCUT2D eigenvalue weighted by molar-refractivity contribution is 0.0707. The van der Waals surface area contributed by atoms with Crippen LogP contribution in [-0.4, -0.2) is 47.2 Å². The molecule has 18 heavy (non-hydrogen) atoms. The van der Waals surface area contributed by atoms with Gasteiger partial charge in [0.2, 0.25) is 0 Å². The molecule has 1 amide bonds. The number of phenols is 2. The van der Waals surface area contributed by atoms with E-state index in [9.17, 15) is 15.0 Å². The average Bonchev–Trinajstić information content (AvgIpc) is 2.41. The Kier molecular flexibility index (Phi) is 3.72. The van der Waals surface area contributed by atoms with E-state index in [4.69, 9.17) is 0 Å². The maximum Gasteiger partial charge on any atom is 0.253 e. The van der Waals surface area contributed by atoms with E-state index >= 15 is 0 Å². The van der Waals surface area contributed by atoms with Gasteiger partial charge < -0.3 is 20.4 Å². The van der Waals surface area contributed by atoms with Crippen molar-refractivity contribution in [3.63, 3.8) is 0 Å². The number of piperidine rings is 1. The molecule has 1 aromatic carbocycles. The van der Waals surface area contributed by atoms with E-state index in [0.29, 0.717) is 24.7 Å². The molecule has 5 nitrogen and oxygen atoms in total. The molecule has 1 saturated heterocycles. The predicted octanol–water partition coefficient (Wildman–Crippen LogP) is 0.922. The Balaban J connectivity index is 2.05. The van der Waals surface area contributed by atoms with Gasteiger partial charge in [0.1, 0.15) is 0 Å². The van der Waals surface area contributed by atoms with Gasteiger partial charge in [-0.15, -0.1) is 0 Å². The van der Waals surface area contributed by atoms with Crippen molar-refractivity contribution in [2.75, 3.05) is 20.1 Å². The van der Waals surface area contributed by atoms with Crippen LogP contribution >= 0.6 is 0 Å². The van der Waals surface area contributed by atoms with Crippen molar-refractivity contribution in [2.45, 2.75) is 18.9 Å². The molecule has 0 saturated carbocycles. The van der Waals surface area contributed by atoms with Crippen LogP contribution < -0.4 is 5.32 Å². The van der Waals surface area contributed by atoms with Crippen LogP contribution in [0, 0.1) is 0 Å². The Morgan fingerprint density at radius 1 is 1.28 bits per heavy atom. The molecule has 1 aliphatic heterocycles. The van der Waals surface area contributed by atoms with Gasteiger partial charge in [0.25, 0.3) is 5.91 Å². The lowest BCUT2D eigenvalue weighted by Crippen LogP contribution is -2.43. The van der Waals surface area contributed by atoms with Crippen molar-refractivity contribution in [1.29, 1.82) is 0 Å². The van der Waals surface area contributed by atoms with E-state index in [-0.39, 0.29) is 17.4 Å². The van der Waals surface area contributed by atoms with Crippen LogP contribution in [0.4, 0.5) is 0 Å². The molecular formula is C13H18N2O3. The van der Waals surface area contributed by atoms with Crippen LogP contribution in [0.5, 0.6) is 11.5 Å². The fourth-order valence-corrected chi connectivity index (χ4v) is 2.21. The summed E-state index contributed by atoms with van der Waals surface area (Å²) in [5.74, 6) is -0.564. The number of rotatable bonds is 2. The molecule has 1 fully saturated rings. The van der Waals surface area contributed by atoms with E-state index in [1.807, 2.05) is 7.05 Å². The third-order valence-corrected chi connectivity index (χ3v) is 3.41. The van der Waals surface area contributed by atoms with Crippen LogP contribution in [0.3, 0.4) is 0 Å². The van der Waals surface area contributed by atoms with Gasteiger partial charge in [-0.25, -0.2) is 0 Å². The molecule has 0 aliphatic carbocycles. The minimum Gasteiger partial charge on any atom is -0.504 e. The second-order valence-electron chi connectivity index (χ2n) is 4.56. The Labute approximate surface area is 106 Å². The number of hydrogen-bond acceptors (Lipinski definition) is 4. The van der Waals surface area contributed by atoms with Gasteiger partial charge >= 0.3 is 0 Å². The Bertz CT molecular complexity index is 440. The number of carbonyl (C=O) groups is 1. The van der Waals surface area contributed by atoms with Gasteiger partial charge in [-0.3, -0.25) is 4.79 Å². The first-order valence-corrected chi connectivity index (χ1v) is 6.10. The number of aromatic hydroxyl groups is 2. The van der Waals surface area contributed by atoms with Crippen molar-refractivity contribution in [3.8, 4) is 11.5 Å². The fraction of sp³-hybridized carbons (Fsp3) is 0.462. The van der Waals surface area contributed by atoms with Gasteiger partial charge in [0, 0.05) is 24.7 Å². The first-order chi connectivity index (χ1) is 8.61. The SMILES string of the molecule is CNC1CCN(C(=O)c2ccc(O)c(O)c2)CC1. The van der Waals surface area contributed by atoms with E-state index in [0.717, 1.165) is 12.8 Å². The summed E-state index contributed by atoms with van der Waals surface area (Å²) in [7, 11) is 1.93. The van der Waals surface area contributed by atoms with Crippen LogP contribution in [0.25, 0.3) is 0 Å². The maximum atomic E-state index is 12.2. The zero-order valence-corrected chi connectivity index (χ0v) is 10.4. The van der Waals surface area contributed by atoms with Gasteiger partial charge in [0.05, 0.1) is 0 Å². The number of hydrogen-bond donors (Lipinski definition) is 3. The summed E-state index contributed by atoms with van der Waals surface area (Å²) in [4.78, 5) is 13.9. The molecule has 1 aliphatic rings. The van der Waals surface area contributed by atoms with Crippen molar-refractivity contribution >= 4 is 5.91 Å². The third-order valence-electron chi connectivity index (χ3n) is 3.41. The normalized spacial score (nSPS) is 16.8. The van der Waals surface area contributed by atoms with Crippen molar-refractivity contribution in [1.82, 2.24) is 10.2 Å². The summed E-state index contributed by atoms with van der Waals surface area (Å²) in [6.45, 7) is 1.43. The van der Waals surface area contributed by atoms with Gasteiger partial charge in [-0.1, -0.05) is 0 Å². The molecule has 1 heterocycles. The van der Waals surface area contributed by atoms with Crippen molar-refractivity contribution < 1.29 is 15.0 Å². The standard InChI is InChI=1S/C13H18N2O3/c1-14-10-4-6-15(7-5-10)13(18)9-2-3-11(16)12(17)8-9/h2-3,8,10,14,16-17H,4-7H2,1H3. The van der Waals surface area contributed by atoms with Gasteiger partial charge in [0.15, 0.2) is 11.5 Å². The molecule has 2 rings (SSSR count). The summed E-state index contributed by atoms with van der Waals surface area (Å²) in [5, 5.41) is 21.8. The fourth-order valence-electron chi connectivity index (χ4n) is 2.21. The smallest absolute Gasteiger partial charge is 0.253 e. The van der Waals surface area contributed by atoms with E-state index in [2.05, 4.69) is 5.32 Å². The minimum absolute atomic E-state index is 0.0974. The molecule has 0 bridgehead atoms. The van der Waals surface area contributed by atoms with E-state index in [1.165, 1.54) is 18.2 Å². The molecule has 0 radical (unpaired) electrons. The van der Waals surface area contributed by atoms with Crippen LogP contribution in [0.2, 0.25) is 0 Å². The number of nitrogens with one attached hydrogen (secondary N) is 1. The highest BCUT2D eigenvalue weighted by Gasteiger charge is 2.23. The summed E-state index contributed by atoms with van der Waals surface area (Å²) >= 11 is 0. The number of likely N-dealkylation sites (tertiary alicyclic amines) is 1. The quantitative estimate of drug-likeness (QED) is 0.682. The van der Waals surface area contributed by atoms with E-state index < -0.39 is 0 Å². The number of carbonyl (C=O) groups excluding carboxylic acids is 1. The van der Waals surface area contributed by atoms with Gasteiger partial charge in [-0.2, -0.15) is 0 Å². The molecule has 5 heteroatoms. The van der Waals surface area contributed by atoms with Gasteiger partial charge in [-0.05, 0) is 38.1 Å². The van der Waals surface area contributed by atoms with Crippen LogP contribution in [0.1, 0.15) is 23.2 Å². The second kappa shape index (κ2) is 5.27. The summed E-state index contributed by atoms with van der Waals surface area (Å²) in [6, 6.07) is 4.65. The van der Waals surface area contributed by atoms with E-state index in [1.54, 1.807) is 4.90 Å². The number of benzene rings is 1. The Morgan fingerprint density at radius 3 is 2.50 bits per heavy atom. The summed E-state index contributed by atoms with van der Waals surface area (Å²) in [6.07, 6.45) is 1.87. The molecule has 1 aromatic rings. The highest BCUT2D eigenvalue weighted by Crippen LogP contribution is 2.26. The topological polar surface area (TPSA) is 72.8 Å². The Morgan fingerprint density at radius 2 is 1.94 bits per heavy atom. The minimum atomic E-state index is -0.258. The molecule has 0 atom stereocenters. The maximum absolute atomic E-state index is 12.2. The molecule has 98 valence electrons. The average molecular weight is 250 g/mol. The first kappa shape index (κ1) is 12.7. The molecule has 3 N–H and O–H groups in total. The monoisotopic (exact) mass is 250 g/mol. The molecule has 0 aromatic heterocycles. The zero-order chi connectivity index (χ0) is 13.1. The second-order valence-corrected chi connectivity index (χ2v) is 4.56. The number of amides is 1. The predicted molar refractivity (Wildman–Crippen MR) is 67.8 cm³/mol. The van der Waals surface area contributed by atoms with Crippen LogP contribution in [-0.2, 0) is 0 Å². The number of nitrogens with zero attached hydrogens (tertiary/aromatic N) is 1. The summed E-state index contributed by atoms with van der Waals surface area (Å²) in [5.41, 5.74) is 0.410. The third kappa shape index (κ3) is 2.56. The van der Waals surface area contributed by atoms with Crippen molar-refractivity contribution in [3.05, 3.63) is 23.8 Å². The number of phenolic OH excluding ortho intramolecular Hbond substituents is 2. The van der Waals surface area contributed by atoms with Crippen LogP contribution in [0.15, 0.2) is 18.2 Å². The lowest BCUT2D eigenvalue weighted by atomic mass is 10.0. The highest BCUT2D eigenvalue weighted by atomic mass is 16.3. The summed E-state index contributed by atoms with van der Waals surface area (Å²) < 4.78 is 0.